The lowest BCUT2D eigenvalue weighted by Crippen LogP contribution is -2.34. The third-order valence-corrected chi connectivity index (χ3v) is 1.79. The van der Waals surface area contributed by atoms with E-state index in [4.69, 9.17) is 16.3 Å². The van der Waals surface area contributed by atoms with Gasteiger partial charge in [-0.1, -0.05) is 0 Å². The summed E-state index contributed by atoms with van der Waals surface area (Å²) in [5, 5.41) is -0.360. The van der Waals surface area contributed by atoms with E-state index in [1.807, 2.05) is 0 Å². The van der Waals surface area contributed by atoms with Crippen molar-refractivity contribution in [1.82, 2.24) is 15.0 Å². The molecule has 0 unspecified atom stereocenters. The van der Waals surface area contributed by atoms with E-state index in [9.17, 15) is 17.6 Å². The van der Waals surface area contributed by atoms with Gasteiger partial charge >= 0.3 is 24.4 Å². The molecule has 1 aromatic rings. The van der Waals surface area contributed by atoms with Gasteiger partial charge in [0, 0.05) is 0 Å². The van der Waals surface area contributed by atoms with E-state index in [1.54, 1.807) is 13.8 Å². The second kappa shape index (κ2) is 6.18. The maximum absolute atomic E-state index is 12.6. The zero-order chi connectivity index (χ0) is 14.6. The quantitative estimate of drug-likeness (QED) is 0.756. The first kappa shape index (κ1) is 15.7. The largest absolute Gasteiger partial charge is 0.461 e. The summed E-state index contributed by atoms with van der Waals surface area (Å²) in [7, 11) is 0. The molecule has 0 fully saturated rings. The molecule has 0 radical (unpaired) electrons. The van der Waals surface area contributed by atoms with Crippen LogP contribution in [-0.2, 0) is 0 Å². The number of alkyl halides is 4. The Morgan fingerprint density at radius 2 is 1.74 bits per heavy atom. The highest BCUT2D eigenvalue weighted by molar-refractivity contribution is 6.28. The molecule has 19 heavy (non-hydrogen) atoms. The summed E-state index contributed by atoms with van der Waals surface area (Å²) in [6.07, 6.45) is -4.15. The second-order valence-corrected chi connectivity index (χ2v) is 4.02. The normalized spacial score (nSPS) is 12.1. The van der Waals surface area contributed by atoms with E-state index in [-0.39, 0.29) is 17.4 Å². The van der Waals surface area contributed by atoms with Crippen LogP contribution >= 0.6 is 11.6 Å². The highest BCUT2D eigenvalue weighted by Crippen LogP contribution is 2.24. The molecule has 0 aromatic carbocycles. The minimum absolute atomic E-state index is 0.245. The lowest BCUT2D eigenvalue weighted by Gasteiger charge is -2.15. The van der Waals surface area contributed by atoms with E-state index >= 15 is 0 Å². The summed E-state index contributed by atoms with van der Waals surface area (Å²) < 4.78 is 58.5. The number of hydrogen-bond acceptors (Lipinski definition) is 5. The molecule has 0 saturated carbocycles. The van der Waals surface area contributed by atoms with Gasteiger partial charge in [0.2, 0.25) is 5.28 Å². The number of ether oxygens (including phenoxy) is 2. The van der Waals surface area contributed by atoms with Crippen LogP contribution in [0.1, 0.15) is 13.8 Å². The zero-order valence-corrected chi connectivity index (χ0v) is 10.7. The number of aromatic nitrogens is 3. The molecule has 0 N–H and O–H groups in total. The fraction of sp³-hybridized carbons (Fsp3) is 0.667. The van der Waals surface area contributed by atoms with Gasteiger partial charge in [-0.3, -0.25) is 0 Å². The van der Waals surface area contributed by atoms with Crippen molar-refractivity contribution < 1.29 is 27.0 Å². The Bertz CT molecular complexity index is 434. The molecule has 1 aromatic heterocycles. The fourth-order valence-electron chi connectivity index (χ4n) is 0.867. The second-order valence-electron chi connectivity index (χ2n) is 3.69. The SMILES string of the molecule is CC(C)Oc1nc(Cl)nc(OCC(F)(F)C(F)F)n1. The van der Waals surface area contributed by atoms with Crippen molar-refractivity contribution in [2.45, 2.75) is 32.3 Å². The van der Waals surface area contributed by atoms with E-state index < -0.39 is 25.0 Å². The average Bonchev–Trinajstić information content (AvgIpc) is 2.24. The maximum atomic E-state index is 12.6. The zero-order valence-electron chi connectivity index (χ0n) is 9.91. The smallest absolute Gasteiger partial charge is 0.340 e. The Morgan fingerprint density at radius 1 is 1.16 bits per heavy atom. The molecule has 5 nitrogen and oxygen atoms in total. The first-order valence-corrected chi connectivity index (χ1v) is 5.45. The van der Waals surface area contributed by atoms with Gasteiger partial charge in [0.1, 0.15) is 0 Å². The Balaban J connectivity index is 2.76. The molecule has 0 bridgehead atoms. The third-order valence-electron chi connectivity index (χ3n) is 1.62. The monoisotopic (exact) mass is 303 g/mol. The maximum Gasteiger partial charge on any atom is 0.340 e. The van der Waals surface area contributed by atoms with Crippen molar-refractivity contribution in [3.8, 4) is 12.0 Å². The van der Waals surface area contributed by atoms with Gasteiger partial charge < -0.3 is 9.47 Å². The summed E-state index contributed by atoms with van der Waals surface area (Å²) >= 11 is 5.49. The van der Waals surface area contributed by atoms with Gasteiger partial charge in [-0.05, 0) is 25.4 Å². The molecule has 0 amide bonds. The van der Waals surface area contributed by atoms with E-state index in [2.05, 4.69) is 19.7 Å². The molecule has 108 valence electrons. The molecule has 0 aliphatic rings. The van der Waals surface area contributed by atoms with Crippen LogP contribution in [0.3, 0.4) is 0 Å². The molecule has 1 rings (SSSR count). The molecular weight excluding hydrogens is 294 g/mol. The van der Waals surface area contributed by atoms with E-state index in [0.717, 1.165) is 0 Å². The number of nitrogens with zero attached hydrogens (tertiary/aromatic N) is 3. The molecule has 0 atom stereocenters. The molecular formula is C9H10ClF4N3O2. The first-order valence-electron chi connectivity index (χ1n) is 5.07. The van der Waals surface area contributed by atoms with E-state index in [0.29, 0.717) is 0 Å². The van der Waals surface area contributed by atoms with Gasteiger partial charge in [0.05, 0.1) is 6.10 Å². The Morgan fingerprint density at radius 3 is 2.26 bits per heavy atom. The van der Waals surface area contributed by atoms with Crippen molar-refractivity contribution in [2.75, 3.05) is 6.61 Å². The summed E-state index contributed by atoms with van der Waals surface area (Å²) in [5.41, 5.74) is 0. The Hall–Kier alpha value is -1.38. The number of hydrogen-bond donors (Lipinski definition) is 0. The minimum Gasteiger partial charge on any atom is -0.461 e. The van der Waals surface area contributed by atoms with Crippen molar-refractivity contribution >= 4 is 11.6 Å². The van der Waals surface area contributed by atoms with Crippen LogP contribution in [0.25, 0.3) is 0 Å². The minimum atomic E-state index is -4.31. The van der Waals surface area contributed by atoms with Gasteiger partial charge in [-0.2, -0.15) is 18.7 Å². The Labute approximate surface area is 110 Å². The van der Waals surface area contributed by atoms with E-state index in [1.165, 1.54) is 0 Å². The first-order chi connectivity index (χ1) is 8.70. The lowest BCUT2D eigenvalue weighted by molar-refractivity contribution is -0.149. The Kier molecular flexibility index (Phi) is 5.10. The average molecular weight is 304 g/mol. The van der Waals surface area contributed by atoms with Crippen LogP contribution < -0.4 is 9.47 Å². The van der Waals surface area contributed by atoms with Crippen LogP contribution in [-0.4, -0.2) is 40.0 Å². The predicted octanol–water partition coefficient (Wildman–Crippen LogP) is 2.59. The summed E-state index contributed by atoms with van der Waals surface area (Å²) in [4.78, 5) is 10.4. The number of halogens is 5. The van der Waals surface area contributed by atoms with Crippen molar-refractivity contribution in [1.29, 1.82) is 0 Å². The van der Waals surface area contributed by atoms with Crippen molar-refractivity contribution in [3.05, 3.63) is 5.28 Å². The van der Waals surface area contributed by atoms with Crippen LogP contribution in [0.15, 0.2) is 0 Å². The van der Waals surface area contributed by atoms with Crippen molar-refractivity contribution in [2.24, 2.45) is 0 Å². The fourth-order valence-corrected chi connectivity index (χ4v) is 1.01. The highest BCUT2D eigenvalue weighted by atomic mass is 35.5. The van der Waals surface area contributed by atoms with Gasteiger partial charge in [0.25, 0.3) is 0 Å². The molecule has 0 aliphatic carbocycles. The summed E-state index contributed by atoms with van der Waals surface area (Å²) in [6.45, 7) is 1.76. The molecule has 1 heterocycles. The molecule has 10 heteroatoms. The van der Waals surface area contributed by atoms with Crippen LogP contribution in [0, 0.1) is 0 Å². The standard InChI is InChI=1S/C9H10ClF4N3O2/c1-4(2)19-8-16-6(10)15-7(17-8)18-3-9(13,14)5(11)12/h4-5H,3H2,1-2H3. The van der Waals surface area contributed by atoms with Gasteiger partial charge in [-0.15, -0.1) is 4.98 Å². The summed E-state index contributed by atoms with van der Waals surface area (Å²) in [6, 6.07) is -0.860. The molecule has 0 saturated heterocycles. The van der Waals surface area contributed by atoms with Crippen LogP contribution in [0.2, 0.25) is 5.28 Å². The highest BCUT2D eigenvalue weighted by Gasteiger charge is 2.42. The molecule has 0 spiro atoms. The van der Waals surface area contributed by atoms with Crippen LogP contribution in [0.5, 0.6) is 12.0 Å². The lowest BCUT2D eigenvalue weighted by atomic mass is 10.4. The molecule has 0 aliphatic heterocycles. The van der Waals surface area contributed by atoms with Gasteiger partial charge in [-0.25, -0.2) is 8.78 Å². The number of rotatable bonds is 6. The topological polar surface area (TPSA) is 57.1 Å². The van der Waals surface area contributed by atoms with Crippen molar-refractivity contribution in [3.63, 3.8) is 0 Å². The van der Waals surface area contributed by atoms with Gasteiger partial charge in [0.15, 0.2) is 6.61 Å². The van der Waals surface area contributed by atoms with Crippen LogP contribution in [0.4, 0.5) is 17.6 Å². The summed E-state index contributed by atoms with van der Waals surface area (Å²) in [5.74, 6) is -4.31. The third kappa shape index (κ3) is 5.01. The predicted molar refractivity (Wildman–Crippen MR) is 57.0 cm³/mol.